The Morgan fingerprint density at radius 2 is 1.33 bits per heavy atom. The zero-order valence-electron chi connectivity index (χ0n) is 8.86. The van der Waals surface area contributed by atoms with Crippen molar-refractivity contribution in [3.8, 4) is 0 Å². The predicted molar refractivity (Wildman–Crippen MR) is 56.5 cm³/mol. The standard InChI is InChI=1S/C7H16.C4H9N/c1-3-5-7-6-4-2;1-2-4-5-3-1/h3-7H2,1-2H3;5H,1-4H2. The van der Waals surface area contributed by atoms with Crippen molar-refractivity contribution >= 4 is 0 Å². The normalized spacial score (nSPS) is 15.5. The third-order valence-corrected chi connectivity index (χ3v) is 2.16. The van der Waals surface area contributed by atoms with E-state index in [-0.39, 0.29) is 0 Å². The van der Waals surface area contributed by atoms with Crippen LogP contribution in [0, 0.1) is 0 Å². The van der Waals surface area contributed by atoms with Gasteiger partial charge in [0.25, 0.3) is 0 Å². The lowest BCUT2D eigenvalue weighted by Crippen LogP contribution is -2.03. The van der Waals surface area contributed by atoms with Gasteiger partial charge in [0.2, 0.25) is 0 Å². The molecule has 1 aliphatic rings. The summed E-state index contributed by atoms with van der Waals surface area (Å²) < 4.78 is 0. The van der Waals surface area contributed by atoms with Crippen molar-refractivity contribution in [2.75, 3.05) is 13.1 Å². The number of rotatable bonds is 4. The smallest absolute Gasteiger partial charge is 0.00484 e. The van der Waals surface area contributed by atoms with Crippen LogP contribution in [0.3, 0.4) is 0 Å². The van der Waals surface area contributed by atoms with E-state index in [9.17, 15) is 0 Å². The molecule has 0 aromatic heterocycles. The van der Waals surface area contributed by atoms with Gasteiger partial charge in [-0.25, -0.2) is 0 Å². The molecule has 0 bridgehead atoms. The van der Waals surface area contributed by atoms with Gasteiger partial charge in [0.1, 0.15) is 0 Å². The van der Waals surface area contributed by atoms with Gasteiger partial charge in [0.15, 0.2) is 0 Å². The first kappa shape index (κ1) is 12.0. The highest BCUT2D eigenvalue weighted by Crippen LogP contribution is 2.00. The van der Waals surface area contributed by atoms with Gasteiger partial charge >= 0.3 is 0 Å². The lowest BCUT2D eigenvalue weighted by atomic mass is 10.2. The summed E-state index contributed by atoms with van der Waals surface area (Å²) >= 11 is 0. The molecule has 1 fully saturated rings. The summed E-state index contributed by atoms with van der Waals surface area (Å²) in [5, 5.41) is 3.22. The fraction of sp³-hybridized carbons (Fsp3) is 1.00. The fourth-order valence-corrected chi connectivity index (χ4v) is 1.30. The summed E-state index contributed by atoms with van der Waals surface area (Å²) in [7, 11) is 0. The number of nitrogens with one attached hydrogen (secondary N) is 1. The molecular formula is C11H25N. The predicted octanol–water partition coefficient (Wildman–Crippen LogP) is 3.35. The molecule has 1 nitrogen and oxygen atoms in total. The van der Waals surface area contributed by atoms with E-state index in [0.29, 0.717) is 0 Å². The Balaban J connectivity index is 0.000000211. The summed E-state index contributed by atoms with van der Waals surface area (Å²) in [5.41, 5.74) is 0. The van der Waals surface area contributed by atoms with Gasteiger partial charge in [0, 0.05) is 0 Å². The van der Waals surface area contributed by atoms with Crippen LogP contribution in [0.25, 0.3) is 0 Å². The topological polar surface area (TPSA) is 12.0 Å². The van der Waals surface area contributed by atoms with E-state index in [1.165, 1.54) is 58.0 Å². The van der Waals surface area contributed by atoms with Crippen molar-refractivity contribution in [2.45, 2.75) is 58.8 Å². The van der Waals surface area contributed by atoms with E-state index in [4.69, 9.17) is 0 Å². The largest absolute Gasteiger partial charge is 0.317 e. The van der Waals surface area contributed by atoms with E-state index in [1.807, 2.05) is 0 Å². The van der Waals surface area contributed by atoms with Crippen LogP contribution in [0.4, 0.5) is 0 Å². The first-order valence-corrected chi connectivity index (χ1v) is 5.62. The third kappa shape index (κ3) is 9.96. The zero-order chi connectivity index (χ0) is 9.07. The summed E-state index contributed by atoms with van der Waals surface area (Å²) in [6.07, 6.45) is 9.79. The minimum Gasteiger partial charge on any atom is -0.317 e. The summed E-state index contributed by atoms with van der Waals surface area (Å²) in [6, 6.07) is 0. The molecule has 12 heavy (non-hydrogen) atoms. The lowest BCUT2D eigenvalue weighted by Gasteiger charge is -1.90. The lowest BCUT2D eigenvalue weighted by molar-refractivity contribution is 0.656. The second-order valence-electron chi connectivity index (χ2n) is 3.52. The number of unbranched alkanes of at least 4 members (excludes halogenated alkanes) is 4. The van der Waals surface area contributed by atoms with Gasteiger partial charge < -0.3 is 5.32 Å². The van der Waals surface area contributed by atoms with Crippen molar-refractivity contribution in [3.63, 3.8) is 0 Å². The molecule has 1 heterocycles. The highest BCUT2D eigenvalue weighted by molar-refractivity contribution is 4.55. The van der Waals surface area contributed by atoms with Crippen LogP contribution in [-0.4, -0.2) is 13.1 Å². The molecule has 0 spiro atoms. The molecule has 1 aliphatic heterocycles. The van der Waals surface area contributed by atoms with Gasteiger partial charge in [-0.2, -0.15) is 0 Å². The van der Waals surface area contributed by atoms with Crippen molar-refractivity contribution in [1.29, 1.82) is 0 Å². The van der Waals surface area contributed by atoms with Crippen LogP contribution in [0.5, 0.6) is 0 Å². The maximum Gasteiger partial charge on any atom is -0.00484 e. The Kier molecular flexibility index (Phi) is 10.9. The SMILES string of the molecule is C1CCNC1.CCCCCCC. The molecule has 0 saturated carbocycles. The van der Waals surface area contributed by atoms with E-state index < -0.39 is 0 Å². The van der Waals surface area contributed by atoms with Crippen LogP contribution in [0.1, 0.15) is 58.8 Å². The molecule has 1 N–H and O–H groups in total. The summed E-state index contributed by atoms with van der Waals surface area (Å²) in [5.74, 6) is 0. The second kappa shape index (κ2) is 11.0. The van der Waals surface area contributed by atoms with Gasteiger partial charge in [-0.1, -0.05) is 46.0 Å². The Bertz CT molecular complexity index is 55.8. The monoisotopic (exact) mass is 171 g/mol. The Labute approximate surface area is 77.9 Å². The fourth-order valence-electron chi connectivity index (χ4n) is 1.30. The van der Waals surface area contributed by atoms with Gasteiger partial charge in [-0.3, -0.25) is 0 Å². The minimum atomic E-state index is 1.25. The molecule has 1 rings (SSSR count). The van der Waals surface area contributed by atoms with Crippen molar-refractivity contribution < 1.29 is 0 Å². The molecule has 0 aromatic rings. The average molecular weight is 171 g/mol. The summed E-state index contributed by atoms with van der Waals surface area (Å²) in [4.78, 5) is 0. The molecule has 0 unspecified atom stereocenters. The van der Waals surface area contributed by atoms with Crippen molar-refractivity contribution in [3.05, 3.63) is 0 Å². The minimum absolute atomic E-state index is 1.25. The van der Waals surface area contributed by atoms with Crippen molar-refractivity contribution in [1.82, 2.24) is 5.32 Å². The van der Waals surface area contributed by atoms with E-state index in [1.54, 1.807) is 0 Å². The van der Waals surface area contributed by atoms with Crippen LogP contribution < -0.4 is 5.32 Å². The molecule has 0 amide bonds. The van der Waals surface area contributed by atoms with E-state index in [2.05, 4.69) is 19.2 Å². The maximum absolute atomic E-state index is 3.22. The molecule has 0 aliphatic carbocycles. The molecule has 1 saturated heterocycles. The molecule has 0 aromatic carbocycles. The summed E-state index contributed by atoms with van der Waals surface area (Å²) in [6.45, 7) is 6.99. The first-order chi connectivity index (χ1) is 5.91. The highest BCUT2D eigenvalue weighted by atomic mass is 14.9. The Morgan fingerprint density at radius 1 is 0.833 bits per heavy atom. The van der Waals surface area contributed by atoms with Crippen LogP contribution >= 0.6 is 0 Å². The van der Waals surface area contributed by atoms with Crippen LogP contribution in [0.2, 0.25) is 0 Å². The Morgan fingerprint density at radius 3 is 1.58 bits per heavy atom. The average Bonchev–Trinajstić information content (AvgIpc) is 2.62. The first-order valence-electron chi connectivity index (χ1n) is 5.62. The molecule has 74 valence electrons. The highest BCUT2D eigenvalue weighted by Gasteiger charge is 1.93. The van der Waals surface area contributed by atoms with Gasteiger partial charge in [0.05, 0.1) is 0 Å². The van der Waals surface area contributed by atoms with Gasteiger partial charge in [-0.05, 0) is 25.9 Å². The van der Waals surface area contributed by atoms with Crippen molar-refractivity contribution in [2.24, 2.45) is 0 Å². The van der Waals surface area contributed by atoms with Gasteiger partial charge in [-0.15, -0.1) is 0 Å². The Hall–Kier alpha value is -0.0400. The third-order valence-electron chi connectivity index (χ3n) is 2.16. The second-order valence-corrected chi connectivity index (χ2v) is 3.52. The molecule has 0 atom stereocenters. The molecule has 1 heteroatoms. The molecular weight excluding hydrogens is 146 g/mol. The number of hydrogen-bond donors (Lipinski definition) is 1. The van der Waals surface area contributed by atoms with E-state index in [0.717, 1.165) is 0 Å². The number of hydrogen-bond acceptors (Lipinski definition) is 1. The van der Waals surface area contributed by atoms with E-state index >= 15 is 0 Å². The quantitative estimate of drug-likeness (QED) is 0.640. The molecule has 0 radical (unpaired) electrons. The van der Waals surface area contributed by atoms with Crippen LogP contribution in [0.15, 0.2) is 0 Å². The maximum atomic E-state index is 3.22. The van der Waals surface area contributed by atoms with Crippen LogP contribution in [-0.2, 0) is 0 Å². The zero-order valence-corrected chi connectivity index (χ0v) is 8.86.